The van der Waals surface area contributed by atoms with E-state index < -0.39 is 0 Å². The molecule has 11 heavy (non-hydrogen) atoms. The molecule has 4 heteroatoms. The van der Waals surface area contributed by atoms with E-state index in [1.54, 1.807) is 6.20 Å². The fraction of sp³-hybridized carbons (Fsp3) is 0.143. The normalized spacial score (nSPS) is 10.6. The second-order valence-corrected chi connectivity index (χ2v) is 2.43. The largest absolute Gasteiger partial charge is 0.479 e. The van der Waals surface area contributed by atoms with Crippen molar-refractivity contribution in [1.29, 1.82) is 0 Å². The highest BCUT2D eigenvalue weighted by molar-refractivity contribution is 5.75. The van der Waals surface area contributed by atoms with Gasteiger partial charge in [0.05, 0.1) is 0 Å². The van der Waals surface area contributed by atoms with E-state index in [4.69, 9.17) is 5.11 Å². The van der Waals surface area contributed by atoms with E-state index in [0.29, 0.717) is 5.65 Å². The lowest BCUT2D eigenvalue weighted by molar-refractivity contribution is 0.433. The third-order valence-corrected chi connectivity index (χ3v) is 1.49. The van der Waals surface area contributed by atoms with Gasteiger partial charge in [-0.1, -0.05) is 0 Å². The number of nitrogens with zero attached hydrogens (tertiary/aromatic N) is 2. The smallest absolute Gasteiger partial charge is 0.315 e. The molecule has 0 aromatic carbocycles. The Morgan fingerprint density at radius 1 is 1.55 bits per heavy atom. The minimum Gasteiger partial charge on any atom is -0.479 e. The SMILES string of the molecule is Cc1cc2cnc(O)nc2[nH]1. The number of hydrogen-bond acceptors (Lipinski definition) is 3. The van der Waals surface area contributed by atoms with Crippen LogP contribution in [0.15, 0.2) is 12.3 Å². The van der Waals surface area contributed by atoms with Crippen LogP contribution < -0.4 is 0 Å². The number of aromatic hydroxyl groups is 1. The molecular formula is C7H7N3O. The maximum atomic E-state index is 8.90. The predicted molar refractivity (Wildman–Crippen MR) is 40.3 cm³/mol. The van der Waals surface area contributed by atoms with Gasteiger partial charge in [0, 0.05) is 17.3 Å². The maximum Gasteiger partial charge on any atom is 0.315 e. The molecule has 56 valence electrons. The highest BCUT2D eigenvalue weighted by atomic mass is 16.3. The lowest BCUT2D eigenvalue weighted by Crippen LogP contribution is -1.80. The van der Waals surface area contributed by atoms with E-state index in [0.717, 1.165) is 11.1 Å². The second-order valence-electron chi connectivity index (χ2n) is 2.43. The summed E-state index contributed by atoms with van der Waals surface area (Å²) < 4.78 is 0. The zero-order valence-corrected chi connectivity index (χ0v) is 6.00. The Bertz CT molecular complexity index is 393. The minimum atomic E-state index is -0.195. The van der Waals surface area contributed by atoms with Crippen LogP contribution in [0.2, 0.25) is 0 Å². The number of nitrogens with one attached hydrogen (secondary N) is 1. The average molecular weight is 149 g/mol. The van der Waals surface area contributed by atoms with Crippen molar-refractivity contribution in [2.24, 2.45) is 0 Å². The molecule has 2 aromatic heterocycles. The van der Waals surface area contributed by atoms with Gasteiger partial charge in [-0.25, -0.2) is 4.98 Å². The number of rotatable bonds is 0. The van der Waals surface area contributed by atoms with Crippen LogP contribution in [0, 0.1) is 6.92 Å². The monoisotopic (exact) mass is 149 g/mol. The molecule has 0 fully saturated rings. The molecule has 4 nitrogen and oxygen atoms in total. The van der Waals surface area contributed by atoms with Gasteiger partial charge >= 0.3 is 6.01 Å². The Morgan fingerprint density at radius 3 is 3.18 bits per heavy atom. The Hall–Kier alpha value is -1.58. The number of hydrogen-bond donors (Lipinski definition) is 2. The van der Waals surface area contributed by atoms with Crippen molar-refractivity contribution in [3.05, 3.63) is 18.0 Å². The number of aryl methyl sites for hydroxylation is 1. The van der Waals surface area contributed by atoms with Crippen LogP contribution in [0.5, 0.6) is 6.01 Å². The van der Waals surface area contributed by atoms with E-state index >= 15 is 0 Å². The predicted octanol–water partition coefficient (Wildman–Crippen LogP) is 0.972. The van der Waals surface area contributed by atoms with E-state index in [1.807, 2.05) is 13.0 Å². The van der Waals surface area contributed by atoms with Gasteiger partial charge in [0.1, 0.15) is 5.65 Å². The molecule has 2 N–H and O–H groups in total. The first-order chi connectivity index (χ1) is 5.25. The van der Waals surface area contributed by atoms with Gasteiger partial charge in [-0.3, -0.25) is 0 Å². The van der Waals surface area contributed by atoms with Crippen molar-refractivity contribution in [2.75, 3.05) is 0 Å². The van der Waals surface area contributed by atoms with Crippen LogP contribution in [0.25, 0.3) is 11.0 Å². The summed E-state index contributed by atoms with van der Waals surface area (Å²) >= 11 is 0. The third kappa shape index (κ3) is 0.920. The minimum absolute atomic E-state index is 0.195. The molecule has 2 rings (SSSR count). The molecule has 0 saturated heterocycles. The Balaban J connectivity index is 2.82. The summed E-state index contributed by atoms with van der Waals surface area (Å²) in [5.74, 6) is 0. The van der Waals surface area contributed by atoms with Crippen LogP contribution in [0.3, 0.4) is 0 Å². The van der Waals surface area contributed by atoms with Crippen LogP contribution in [0.4, 0.5) is 0 Å². The summed E-state index contributed by atoms with van der Waals surface area (Å²) in [5, 5.41) is 9.81. The molecule has 0 radical (unpaired) electrons. The van der Waals surface area contributed by atoms with Gasteiger partial charge in [0.2, 0.25) is 0 Å². The van der Waals surface area contributed by atoms with Crippen molar-refractivity contribution >= 4 is 11.0 Å². The Kier molecular flexibility index (Phi) is 1.09. The van der Waals surface area contributed by atoms with Crippen molar-refractivity contribution in [3.63, 3.8) is 0 Å². The summed E-state index contributed by atoms with van der Waals surface area (Å²) in [6.07, 6.45) is 1.58. The topological polar surface area (TPSA) is 61.8 Å². The van der Waals surface area contributed by atoms with Crippen LogP contribution >= 0.6 is 0 Å². The van der Waals surface area contributed by atoms with Crippen LogP contribution in [-0.4, -0.2) is 20.1 Å². The lowest BCUT2D eigenvalue weighted by Gasteiger charge is -1.87. The molecule has 2 heterocycles. The van der Waals surface area contributed by atoms with E-state index in [2.05, 4.69) is 15.0 Å². The molecule has 0 aliphatic carbocycles. The first-order valence-electron chi connectivity index (χ1n) is 3.27. The summed E-state index contributed by atoms with van der Waals surface area (Å²) in [6.45, 7) is 1.93. The third-order valence-electron chi connectivity index (χ3n) is 1.49. The number of fused-ring (bicyclic) bond motifs is 1. The van der Waals surface area contributed by atoms with Gasteiger partial charge in [-0.15, -0.1) is 0 Å². The molecule has 0 aliphatic rings. The van der Waals surface area contributed by atoms with E-state index in [9.17, 15) is 0 Å². The highest BCUT2D eigenvalue weighted by Gasteiger charge is 1.99. The Labute approximate surface area is 62.9 Å². The summed E-state index contributed by atoms with van der Waals surface area (Å²) in [5.41, 5.74) is 1.69. The number of aromatic amines is 1. The number of H-pyrrole nitrogens is 1. The Morgan fingerprint density at radius 2 is 2.36 bits per heavy atom. The zero-order chi connectivity index (χ0) is 7.84. The van der Waals surface area contributed by atoms with Gasteiger partial charge in [-0.2, -0.15) is 4.98 Å². The molecule has 0 spiro atoms. The molecule has 2 aromatic rings. The lowest BCUT2D eigenvalue weighted by atomic mass is 10.4. The molecule has 0 unspecified atom stereocenters. The van der Waals surface area contributed by atoms with E-state index in [1.165, 1.54) is 0 Å². The molecule has 0 saturated carbocycles. The van der Waals surface area contributed by atoms with E-state index in [-0.39, 0.29) is 6.01 Å². The van der Waals surface area contributed by atoms with Crippen molar-refractivity contribution < 1.29 is 5.11 Å². The first kappa shape index (κ1) is 6.15. The maximum absolute atomic E-state index is 8.90. The molecule has 0 atom stereocenters. The van der Waals surface area contributed by atoms with Crippen molar-refractivity contribution in [3.8, 4) is 6.01 Å². The molecular weight excluding hydrogens is 142 g/mol. The summed E-state index contributed by atoms with van der Waals surface area (Å²) in [4.78, 5) is 10.4. The van der Waals surface area contributed by atoms with Crippen molar-refractivity contribution in [1.82, 2.24) is 15.0 Å². The van der Waals surface area contributed by atoms with Gasteiger partial charge < -0.3 is 10.1 Å². The highest BCUT2D eigenvalue weighted by Crippen LogP contribution is 2.12. The molecule has 0 bridgehead atoms. The van der Waals surface area contributed by atoms with Crippen LogP contribution in [0.1, 0.15) is 5.69 Å². The fourth-order valence-corrected chi connectivity index (χ4v) is 1.04. The number of aromatic nitrogens is 3. The quantitative estimate of drug-likeness (QED) is 0.586. The second kappa shape index (κ2) is 1.95. The zero-order valence-electron chi connectivity index (χ0n) is 6.00. The van der Waals surface area contributed by atoms with Gasteiger partial charge in [0.25, 0.3) is 0 Å². The first-order valence-corrected chi connectivity index (χ1v) is 3.27. The molecule has 0 aliphatic heterocycles. The van der Waals surface area contributed by atoms with Gasteiger partial charge in [0.15, 0.2) is 0 Å². The standard InChI is InChI=1S/C7H7N3O/c1-4-2-5-3-8-7(11)10-6(5)9-4/h2-3H,1H3,(H2,8,9,10,11). The average Bonchev–Trinajstić information content (AvgIpc) is 2.27. The van der Waals surface area contributed by atoms with Gasteiger partial charge in [-0.05, 0) is 13.0 Å². The fourth-order valence-electron chi connectivity index (χ4n) is 1.04. The summed E-state index contributed by atoms with van der Waals surface area (Å²) in [7, 11) is 0. The van der Waals surface area contributed by atoms with Crippen LogP contribution in [-0.2, 0) is 0 Å². The van der Waals surface area contributed by atoms with Crippen molar-refractivity contribution in [2.45, 2.75) is 6.92 Å². The summed E-state index contributed by atoms with van der Waals surface area (Å²) in [6, 6.07) is 1.73. The molecule has 0 amide bonds.